The van der Waals surface area contributed by atoms with E-state index < -0.39 is 0 Å². The molecule has 2 aliphatic rings. The summed E-state index contributed by atoms with van der Waals surface area (Å²) in [5.41, 5.74) is -0.381. The number of hydrogen-bond acceptors (Lipinski definition) is 1. The average molecular weight is 238 g/mol. The molecule has 0 aromatic heterocycles. The molecule has 0 bridgehead atoms. The summed E-state index contributed by atoms with van der Waals surface area (Å²) in [6.07, 6.45) is 13.2. The Morgan fingerprint density at radius 3 is 2.24 bits per heavy atom. The minimum Gasteiger partial charge on any atom is -0.390 e. The monoisotopic (exact) mass is 238 g/mol. The highest BCUT2D eigenvalue weighted by Gasteiger charge is 2.41. The van der Waals surface area contributed by atoms with E-state index in [0.717, 1.165) is 5.92 Å². The van der Waals surface area contributed by atoms with E-state index in [0.29, 0.717) is 11.8 Å². The van der Waals surface area contributed by atoms with E-state index in [4.69, 9.17) is 0 Å². The zero-order chi connectivity index (χ0) is 12.3. The molecule has 2 saturated carbocycles. The van der Waals surface area contributed by atoms with E-state index in [1.165, 1.54) is 64.2 Å². The van der Waals surface area contributed by atoms with E-state index in [-0.39, 0.29) is 5.60 Å². The molecular weight excluding hydrogens is 208 g/mol. The van der Waals surface area contributed by atoms with Gasteiger partial charge in [0.15, 0.2) is 0 Å². The van der Waals surface area contributed by atoms with Crippen LogP contribution in [0.1, 0.15) is 78.1 Å². The fourth-order valence-electron chi connectivity index (χ4n) is 4.21. The summed E-state index contributed by atoms with van der Waals surface area (Å²) in [5.74, 6) is 2.03. The van der Waals surface area contributed by atoms with Crippen molar-refractivity contribution in [2.75, 3.05) is 0 Å². The quantitative estimate of drug-likeness (QED) is 0.765. The van der Waals surface area contributed by atoms with Crippen LogP contribution in [-0.4, -0.2) is 10.7 Å². The third-order valence-electron chi connectivity index (χ3n) is 5.62. The summed E-state index contributed by atoms with van der Waals surface area (Å²) in [5, 5.41) is 11.0. The molecule has 0 radical (unpaired) electrons. The highest BCUT2D eigenvalue weighted by Crippen LogP contribution is 2.44. The average Bonchev–Trinajstić information content (AvgIpc) is 2.40. The molecule has 1 heteroatoms. The van der Waals surface area contributed by atoms with Gasteiger partial charge in [0.05, 0.1) is 5.60 Å². The molecule has 1 N–H and O–H groups in total. The van der Waals surface area contributed by atoms with Crippen LogP contribution >= 0.6 is 0 Å². The predicted molar refractivity (Wildman–Crippen MR) is 72.9 cm³/mol. The van der Waals surface area contributed by atoms with Gasteiger partial charge < -0.3 is 5.11 Å². The molecule has 17 heavy (non-hydrogen) atoms. The molecule has 3 atom stereocenters. The third-order valence-corrected chi connectivity index (χ3v) is 5.62. The van der Waals surface area contributed by atoms with E-state index in [1.54, 1.807) is 0 Å². The fraction of sp³-hybridized carbons (Fsp3) is 1.00. The highest BCUT2D eigenvalue weighted by atomic mass is 16.3. The van der Waals surface area contributed by atoms with Gasteiger partial charge in [0.25, 0.3) is 0 Å². The Bertz CT molecular complexity index is 228. The minimum atomic E-state index is -0.381. The fourth-order valence-corrected chi connectivity index (χ4v) is 4.21. The first kappa shape index (κ1) is 13.4. The van der Waals surface area contributed by atoms with Crippen LogP contribution in [0.3, 0.4) is 0 Å². The minimum absolute atomic E-state index is 0.381. The van der Waals surface area contributed by atoms with Gasteiger partial charge in [0.2, 0.25) is 0 Å². The van der Waals surface area contributed by atoms with Crippen molar-refractivity contribution >= 4 is 0 Å². The summed E-state index contributed by atoms with van der Waals surface area (Å²) in [6.45, 7) is 4.45. The van der Waals surface area contributed by atoms with Crippen LogP contribution < -0.4 is 0 Å². The summed E-state index contributed by atoms with van der Waals surface area (Å²) < 4.78 is 0. The van der Waals surface area contributed by atoms with Gasteiger partial charge in [-0.1, -0.05) is 45.4 Å². The maximum absolute atomic E-state index is 11.0. The molecule has 0 aliphatic heterocycles. The second-order valence-electron chi connectivity index (χ2n) is 6.70. The molecule has 0 heterocycles. The first-order valence-electron chi connectivity index (χ1n) is 7.87. The Morgan fingerprint density at radius 2 is 1.59 bits per heavy atom. The van der Waals surface area contributed by atoms with Crippen molar-refractivity contribution < 1.29 is 5.11 Å². The SMILES string of the molecule is CCC1CCCC(C(C)(O)C2CCCCC2)C1. The van der Waals surface area contributed by atoms with E-state index >= 15 is 0 Å². The second kappa shape index (κ2) is 5.73. The Kier molecular flexibility index (Phi) is 4.52. The summed E-state index contributed by atoms with van der Waals surface area (Å²) in [4.78, 5) is 0. The number of hydrogen-bond donors (Lipinski definition) is 1. The summed E-state index contributed by atoms with van der Waals surface area (Å²) in [6, 6.07) is 0. The van der Waals surface area contributed by atoms with Gasteiger partial charge in [0.1, 0.15) is 0 Å². The third kappa shape index (κ3) is 3.05. The van der Waals surface area contributed by atoms with Crippen LogP contribution in [0.4, 0.5) is 0 Å². The van der Waals surface area contributed by atoms with Crippen molar-refractivity contribution in [3.63, 3.8) is 0 Å². The lowest BCUT2D eigenvalue weighted by atomic mass is 9.65. The first-order valence-corrected chi connectivity index (χ1v) is 7.87. The van der Waals surface area contributed by atoms with Crippen LogP contribution in [0.2, 0.25) is 0 Å². The first-order chi connectivity index (χ1) is 8.14. The predicted octanol–water partition coefficient (Wildman–Crippen LogP) is 4.53. The largest absolute Gasteiger partial charge is 0.390 e. The van der Waals surface area contributed by atoms with E-state index in [1.807, 2.05) is 0 Å². The maximum atomic E-state index is 11.0. The molecule has 1 nitrogen and oxygen atoms in total. The van der Waals surface area contributed by atoms with Crippen LogP contribution in [0.25, 0.3) is 0 Å². The molecular formula is C16H30O. The molecule has 0 saturated heterocycles. The van der Waals surface area contributed by atoms with E-state index in [2.05, 4.69) is 13.8 Å². The van der Waals surface area contributed by atoms with Crippen LogP contribution in [0.5, 0.6) is 0 Å². The zero-order valence-corrected chi connectivity index (χ0v) is 11.8. The van der Waals surface area contributed by atoms with Gasteiger partial charge in [-0.2, -0.15) is 0 Å². The molecule has 2 rings (SSSR count). The highest BCUT2D eigenvalue weighted by molar-refractivity contribution is 4.92. The lowest BCUT2D eigenvalue weighted by Gasteiger charge is -2.44. The van der Waals surface area contributed by atoms with Crippen LogP contribution in [0, 0.1) is 17.8 Å². The molecule has 0 aromatic carbocycles. The van der Waals surface area contributed by atoms with E-state index in [9.17, 15) is 5.11 Å². The number of rotatable bonds is 3. The summed E-state index contributed by atoms with van der Waals surface area (Å²) in [7, 11) is 0. The smallest absolute Gasteiger partial charge is 0.0675 e. The Balaban J connectivity index is 1.97. The van der Waals surface area contributed by atoms with Gasteiger partial charge >= 0.3 is 0 Å². The van der Waals surface area contributed by atoms with Gasteiger partial charge in [-0.3, -0.25) is 0 Å². The van der Waals surface area contributed by atoms with Crippen molar-refractivity contribution in [1.29, 1.82) is 0 Å². The Hall–Kier alpha value is -0.0400. The van der Waals surface area contributed by atoms with Gasteiger partial charge in [-0.25, -0.2) is 0 Å². The lowest BCUT2D eigenvalue weighted by molar-refractivity contribution is -0.0829. The van der Waals surface area contributed by atoms with Crippen molar-refractivity contribution in [2.24, 2.45) is 17.8 Å². The lowest BCUT2D eigenvalue weighted by Crippen LogP contribution is -2.45. The van der Waals surface area contributed by atoms with Gasteiger partial charge in [-0.05, 0) is 50.4 Å². The molecule has 2 fully saturated rings. The number of aliphatic hydroxyl groups is 1. The van der Waals surface area contributed by atoms with Crippen LogP contribution in [-0.2, 0) is 0 Å². The van der Waals surface area contributed by atoms with Crippen LogP contribution in [0.15, 0.2) is 0 Å². The Morgan fingerprint density at radius 1 is 0.941 bits per heavy atom. The molecule has 0 amide bonds. The molecule has 0 aromatic rings. The topological polar surface area (TPSA) is 20.2 Å². The van der Waals surface area contributed by atoms with Crippen molar-refractivity contribution in [3.05, 3.63) is 0 Å². The maximum Gasteiger partial charge on any atom is 0.0675 e. The second-order valence-corrected chi connectivity index (χ2v) is 6.70. The normalized spacial score (nSPS) is 35.5. The standard InChI is InChI=1S/C16H30O/c1-3-13-8-7-11-15(12-13)16(2,17)14-9-5-4-6-10-14/h13-15,17H,3-12H2,1-2H3. The molecule has 3 unspecified atom stereocenters. The van der Waals surface area contributed by atoms with Gasteiger partial charge in [0, 0.05) is 0 Å². The van der Waals surface area contributed by atoms with Gasteiger partial charge in [-0.15, -0.1) is 0 Å². The van der Waals surface area contributed by atoms with Crippen molar-refractivity contribution in [2.45, 2.75) is 83.7 Å². The molecule has 2 aliphatic carbocycles. The van der Waals surface area contributed by atoms with Crippen molar-refractivity contribution in [3.8, 4) is 0 Å². The van der Waals surface area contributed by atoms with Crippen molar-refractivity contribution in [1.82, 2.24) is 0 Å². The summed E-state index contributed by atoms with van der Waals surface area (Å²) >= 11 is 0. The Labute approximate surface area is 107 Å². The molecule has 0 spiro atoms. The zero-order valence-electron chi connectivity index (χ0n) is 11.8. The molecule has 100 valence electrons.